The molecular formula is C9H10N4S. The van der Waals surface area contributed by atoms with Crippen LogP contribution in [0.25, 0.3) is 10.7 Å². The van der Waals surface area contributed by atoms with Gasteiger partial charge in [-0.2, -0.15) is 0 Å². The average Bonchev–Trinajstić information content (AvgIpc) is 2.68. The van der Waals surface area contributed by atoms with Gasteiger partial charge in [-0.1, -0.05) is 0 Å². The zero-order valence-corrected chi connectivity index (χ0v) is 8.53. The Kier molecular flexibility index (Phi) is 2.51. The van der Waals surface area contributed by atoms with Crippen LogP contribution in [0.2, 0.25) is 0 Å². The second-order valence-corrected chi connectivity index (χ2v) is 4.01. The van der Waals surface area contributed by atoms with Gasteiger partial charge < -0.3 is 5.73 Å². The molecule has 0 aliphatic rings. The zero-order valence-electron chi connectivity index (χ0n) is 7.71. The second-order valence-electron chi connectivity index (χ2n) is 2.95. The van der Waals surface area contributed by atoms with Gasteiger partial charge in [-0.15, -0.1) is 11.3 Å². The summed E-state index contributed by atoms with van der Waals surface area (Å²) in [7, 11) is 0. The number of aromatic nitrogens is 3. The van der Waals surface area contributed by atoms with E-state index in [0.29, 0.717) is 0 Å². The number of hydrogen-bond acceptors (Lipinski definition) is 5. The molecule has 2 rings (SSSR count). The van der Waals surface area contributed by atoms with Crippen LogP contribution in [0.3, 0.4) is 0 Å². The molecule has 1 atom stereocenters. The maximum atomic E-state index is 5.74. The third-order valence-corrected chi connectivity index (χ3v) is 2.99. The van der Waals surface area contributed by atoms with Crippen LogP contribution in [0.15, 0.2) is 24.8 Å². The lowest BCUT2D eigenvalue weighted by Crippen LogP contribution is -2.01. The molecule has 2 aromatic heterocycles. The first-order valence-corrected chi connectivity index (χ1v) is 5.06. The van der Waals surface area contributed by atoms with Gasteiger partial charge in [0.1, 0.15) is 17.0 Å². The first-order valence-electron chi connectivity index (χ1n) is 4.25. The topological polar surface area (TPSA) is 64.7 Å². The van der Waals surface area contributed by atoms with Crippen LogP contribution >= 0.6 is 11.3 Å². The maximum absolute atomic E-state index is 5.74. The first kappa shape index (κ1) is 9.23. The van der Waals surface area contributed by atoms with Crippen molar-refractivity contribution in [2.24, 2.45) is 5.73 Å². The Morgan fingerprint density at radius 3 is 2.86 bits per heavy atom. The quantitative estimate of drug-likeness (QED) is 0.811. The lowest BCUT2D eigenvalue weighted by Gasteiger charge is -1.96. The Hall–Kier alpha value is -1.33. The van der Waals surface area contributed by atoms with Crippen molar-refractivity contribution in [3.8, 4) is 10.7 Å². The van der Waals surface area contributed by atoms with E-state index in [1.165, 1.54) is 6.33 Å². The van der Waals surface area contributed by atoms with E-state index in [1.54, 1.807) is 23.7 Å². The van der Waals surface area contributed by atoms with Crippen molar-refractivity contribution >= 4 is 11.3 Å². The van der Waals surface area contributed by atoms with E-state index in [0.717, 1.165) is 15.6 Å². The van der Waals surface area contributed by atoms with Crippen LogP contribution < -0.4 is 5.73 Å². The predicted molar refractivity (Wildman–Crippen MR) is 55.7 cm³/mol. The molecule has 0 fully saturated rings. The summed E-state index contributed by atoms with van der Waals surface area (Å²) < 4.78 is 0. The van der Waals surface area contributed by atoms with Crippen molar-refractivity contribution in [3.63, 3.8) is 0 Å². The highest BCUT2D eigenvalue weighted by Crippen LogP contribution is 2.25. The summed E-state index contributed by atoms with van der Waals surface area (Å²) in [6.07, 6.45) is 5.02. The Morgan fingerprint density at radius 1 is 1.43 bits per heavy atom. The van der Waals surface area contributed by atoms with E-state index in [1.807, 2.05) is 13.0 Å². The van der Waals surface area contributed by atoms with Crippen molar-refractivity contribution in [3.05, 3.63) is 29.7 Å². The molecule has 0 aliphatic carbocycles. The Morgan fingerprint density at radius 2 is 2.29 bits per heavy atom. The molecule has 0 amide bonds. The summed E-state index contributed by atoms with van der Waals surface area (Å²) in [5.41, 5.74) is 6.59. The standard InChI is InChI=1S/C9H10N4S/c1-6(10)8-4-12-9(14-8)7-2-3-11-5-13-7/h2-6H,10H2,1H3. The van der Waals surface area contributed by atoms with Gasteiger partial charge in [0.05, 0.1) is 0 Å². The fourth-order valence-electron chi connectivity index (χ4n) is 1.03. The third-order valence-electron chi connectivity index (χ3n) is 1.77. The molecule has 2 heterocycles. The van der Waals surface area contributed by atoms with Gasteiger partial charge >= 0.3 is 0 Å². The Bertz CT molecular complexity index is 410. The molecule has 72 valence electrons. The molecule has 0 saturated carbocycles. The molecule has 0 aliphatic heterocycles. The molecular weight excluding hydrogens is 196 g/mol. The SMILES string of the molecule is CC(N)c1cnc(-c2ccncn2)s1. The molecule has 0 aromatic carbocycles. The molecule has 14 heavy (non-hydrogen) atoms. The number of nitrogens with two attached hydrogens (primary N) is 1. The molecule has 1 unspecified atom stereocenters. The smallest absolute Gasteiger partial charge is 0.142 e. The van der Waals surface area contributed by atoms with Crippen LogP contribution in [-0.2, 0) is 0 Å². The van der Waals surface area contributed by atoms with Crippen molar-refractivity contribution in [1.82, 2.24) is 15.0 Å². The monoisotopic (exact) mass is 206 g/mol. The van der Waals surface area contributed by atoms with Crippen molar-refractivity contribution < 1.29 is 0 Å². The van der Waals surface area contributed by atoms with Gasteiger partial charge in [-0.25, -0.2) is 15.0 Å². The fraction of sp³-hybridized carbons (Fsp3) is 0.222. The molecule has 2 aromatic rings. The Balaban J connectivity index is 2.34. The highest BCUT2D eigenvalue weighted by atomic mass is 32.1. The van der Waals surface area contributed by atoms with Crippen LogP contribution in [-0.4, -0.2) is 15.0 Å². The van der Waals surface area contributed by atoms with E-state index in [9.17, 15) is 0 Å². The summed E-state index contributed by atoms with van der Waals surface area (Å²) in [4.78, 5) is 13.3. The first-order chi connectivity index (χ1) is 6.77. The number of nitrogens with zero attached hydrogens (tertiary/aromatic N) is 3. The summed E-state index contributed by atoms with van der Waals surface area (Å²) in [6.45, 7) is 1.94. The summed E-state index contributed by atoms with van der Waals surface area (Å²) in [5, 5.41) is 0.889. The molecule has 4 nitrogen and oxygen atoms in total. The second kappa shape index (κ2) is 3.81. The van der Waals surface area contributed by atoms with Crippen molar-refractivity contribution in [2.75, 3.05) is 0 Å². The summed E-state index contributed by atoms with van der Waals surface area (Å²) in [5.74, 6) is 0. The minimum absolute atomic E-state index is 0.0306. The van der Waals surface area contributed by atoms with Gasteiger partial charge in [-0.3, -0.25) is 0 Å². The number of rotatable bonds is 2. The van der Waals surface area contributed by atoms with Gasteiger partial charge in [0, 0.05) is 23.3 Å². The number of thiazole rings is 1. The largest absolute Gasteiger partial charge is 0.323 e. The number of hydrogen-bond donors (Lipinski definition) is 1. The molecule has 2 N–H and O–H groups in total. The zero-order chi connectivity index (χ0) is 9.97. The molecule has 0 spiro atoms. The summed E-state index contributed by atoms with van der Waals surface area (Å²) in [6, 6.07) is 1.87. The lowest BCUT2D eigenvalue weighted by molar-refractivity contribution is 0.835. The highest BCUT2D eigenvalue weighted by molar-refractivity contribution is 7.15. The van der Waals surface area contributed by atoms with E-state index >= 15 is 0 Å². The van der Waals surface area contributed by atoms with Gasteiger partial charge in [-0.05, 0) is 13.0 Å². The lowest BCUT2D eigenvalue weighted by atomic mass is 10.3. The molecule has 0 radical (unpaired) electrons. The van der Waals surface area contributed by atoms with E-state index < -0.39 is 0 Å². The maximum Gasteiger partial charge on any atom is 0.142 e. The van der Waals surface area contributed by atoms with Gasteiger partial charge in [0.15, 0.2) is 0 Å². The van der Waals surface area contributed by atoms with E-state index in [-0.39, 0.29) is 6.04 Å². The van der Waals surface area contributed by atoms with Gasteiger partial charge in [0.25, 0.3) is 0 Å². The third kappa shape index (κ3) is 1.78. The van der Waals surface area contributed by atoms with E-state index in [2.05, 4.69) is 15.0 Å². The minimum atomic E-state index is 0.0306. The average molecular weight is 206 g/mol. The van der Waals surface area contributed by atoms with Crippen LogP contribution in [0, 0.1) is 0 Å². The van der Waals surface area contributed by atoms with Crippen LogP contribution in [0.4, 0.5) is 0 Å². The van der Waals surface area contributed by atoms with Crippen LogP contribution in [0.1, 0.15) is 17.8 Å². The fourth-order valence-corrected chi connectivity index (χ4v) is 1.88. The van der Waals surface area contributed by atoms with Gasteiger partial charge in [0.2, 0.25) is 0 Å². The summed E-state index contributed by atoms with van der Waals surface area (Å²) >= 11 is 1.57. The molecule has 0 bridgehead atoms. The molecule has 5 heteroatoms. The Labute approximate surface area is 85.9 Å². The molecule has 0 saturated heterocycles. The highest BCUT2D eigenvalue weighted by Gasteiger charge is 2.07. The van der Waals surface area contributed by atoms with Crippen molar-refractivity contribution in [2.45, 2.75) is 13.0 Å². The normalized spacial score (nSPS) is 12.7. The predicted octanol–water partition coefficient (Wildman–Crippen LogP) is 1.62. The van der Waals surface area contributed by atoms with E-state index in [4.69, 9.17) is 5.73 Å². The van der Waals surface area contributed by atoms with Crippen molar-refractivity contribution in [1.29, 1.82) is 0 Å². The minimum Gasteiger partial charge on any atom is -0.323 e. The van der Waals surface area contributed by atoms with Crippen LogP contribution in [0.5, 0.6) is 0 Å².